The Morgan fingerprint density at radius 3 is 2.51 bits per heavy atom. The average Bonchev–Trinajstić information content (AvgIpc) is 3.32. The Balaban J connectivity index is 1.39. The van der Waals surface area contributed by atoms with Crippen molar-refractivity contribution >= 4 is 23.0 Å². The van der Waals surface area contributed by atoms with Crippen molar-refractivity contribution in [2.45, 2.75) is 20.0 Å². The Morgan fingerprint density at radius 2 is 1.84 bits per heavy atom. The molecule has 0 saturated carbocycles. The Hall–Kier alpha value is -4.60. The molecule has 0 fully saturated rings. The minimum absolute atomic E-state index is 0.157. The van der Waals surface area contributed by atoms with Crippen molar-refractivity contribution in [1.29, 1.82) is 0 Å². The molecule has 37 heavy (non-hydrogen) atoms. The van der Waals surface area contributed by atoms with E-state index in [0.29, 0.717) is 53.5 Å². The van der Waals surface area contributed by atoms with Crippen molar-refractivity contribution in [3.05, 3.63) is 82.0 Å². The number of benzene rings is 2. The molecule has 2 aromatic heterocycles. The second-order valence-electron chi connectivity index (χ2n) is 8.35. The van der Waals surface area contributed by atoms with Crippen LogP contribution < -0.4 is 25.1 Å². The molecule has 10 nitrogen and oxygen atoms in total. The third-order valence-electron chi connectivity index (χ3n) is 5.79. The molecule has 0 spiro atoms. The van der Waals surface area contributed by atoms with Gasteiger partial charge in [-0.3, -0.25) is 14.2 Å². The number of nitrogens with zero attached hydrogens (tertiary/aromatic N) is 4. The van der Waals surface area contributed by atoms with Crippen LogP contribution in [0.15, 0.2) is 59.8 Å². The maximum absolute atomic E-state index is 12.9. The quantitative estimate of drug-likeness (QED) is 0.332. The van der Waals surface area contributed by atoms with E-state index < -0.39 is 0 Å². The summed E-state index contributed by atoms with van der Waals surface area (Å²) in [6, 6.07) is 11.5. The fourth-order valence-corrected chi connectivity index (χ4v) is 3.99. The molecular weight excluding hydrogens is 474 g/mol. The fourth-order valence-electron chi connectivity index (χ4n) is 3.99. The fraction of sp³-hybridized carbons (Fsp3) is 0.259. The monoisotopic (exact) mass is 503 g/mol. The summed E-state index contributed by atoms with van der Waals surface area (Å²) in [7, 11) is 4.60. The highest BCUT2D eigenvalue weighted by Gasteiger charge is 2.13. The van der Waals surface area contributed by atoms with Crippen molar-refractivity contribution < 1.29 is 19.0 Å². The van der Waals surface area contributed by atoms with E-state index in [4.69, 9.17) is 14.2 Å². The van der Waals surface area contributed by atoms with Gasteiger partial charge >= 0.3 is 0 Å². The Bertz CT molecular complexity index is 1480. The number of hydrogen-bond acceptors (Lipinski definition) is 7. The normalized spacial score (nSPS) is 11.1. The van der Waals surface area contributed by atoms with E-state index in [9.17, 15) is 9.59 Å². The van der Waals surface area contributed by atoms with Gasteiger partial charge in [-0.2, -0.15) is 5.10 Å². The second-order valence-corrected chi connectivity index (χ2v) is 8.35. The number of ether oxygens (including phenoxy) is 3. The number of carbonyl (C=O) groups excluding carboxylic acids is 1. The summed E-state index contributed by atoms with van der Waals surface area (Å²) >= 11 is 0. The van der Waals surface area contributed by atoms with Crippen molar-refractivity contribution in [3.63, 3.8) is 0 Å². The standard InChI is InChI=1S/C27H29N5O5/c1-18-6-5-7-20(12-18)16-31-17-29-26-21(27(31)34)15-30-32(26)11-10-28-24(33)9-8-19-13-22(35-2)25(37-4)23(14-19)36-3/h5-9,12-15,17H,10-11,16H2,1-4H3,(H,28,33). The molecule has 4 aromatic rings. The van der Waals surface area contributed by atoms with E-state index in [1.54, 1.807) is 27.5 Å². The average molecular weight is 504 g/mol. The van der Waals surface area contributed by atoms with Crippen molar-refractivity contribution in [2.75, 3.05) is 27.9 Å². The highest BCUT2D eigenvalue weighted by atomic mass is 16.5. The third-order valence-corrected chi connectivity index (χ3v) is 5.79. The van der Waals surface area contributed by atoms with Gasteiger partial charge in [0.1, 0.15) is 11.7 Å². The van der Waals surface area contributed by atoms with Gasteiger partial charge in [0.25, 0.3) is 5.56 Å². The molecule has 0 aliphatic heterocycles. The van der Waals surface area contributed by atoms with Gasteiger partial charge in [-0.05, 0) is 36.3 Å². The first-order valence-corrected chi connectivity index (χ1v) is 11.7. The number of amides is 1. The van der Waals surface area contributed by atoms with Crippen LogP contribution in [0.3, 0.4) is 0 Å². The van der Waals surface area contributed by atoms with Crippen LogP contribution in [0, 0.1) is 6.92 Å². The van der Waals surface area contributed by atoms with Crippen LogP contribution in [-0.2, 0) is 17.9 Å². The zero-order valence-corrected chi connectivity index (χ0v) is 21.2. The molecule has 0 radical (unpaired) electrons. The van der Waals surface area contributed by atoms with Gasteiger partial charge in [-0.1, -0.05) is 29.8 Å². The first-order chi connectivity index (χ1) is 17.9. The first kappa shape index (κ1) is 25.5. The number of methoxy groups -OCH3 is 3. The zero-order valence-electron chi connectivity index (χ0n) is 21.2. The second kappa shape index (κ2) is 11.4. The van der Waals surface area contributed by atoms with Crippen molar-refractivity contribution in [2.24, 2.45) is 0 Å². The van der Waals surface area contributed by atoms with Gasteiger partial charge in [0, 0.05) is 12.6 Å². The molecule has 0 saturated heterocycles. The lowest BCUT2D eigenvalue weighted by Crippen LogP contribution is -2.26. The molecule has 1 N–H and O–H groups in total. The number of aromatic nitrogens is 4. The topological polar surface area (TPSA) is 110 Å². The summed E-state index contributed by atoms with van der Waals surface area (Å²) in [5.41, 5.74) is 3.20. The largest absolute Gasteiger partial charge is 0.493 e. The summed E-state index contributed by atoms with van der Waals surface area (Å²) in [5, 5.41) is 7.54. The molecule has 2 aromatic carbocycles. The summed E-state index contributed by atoms with van der Waals surface area (Å²) in [6.45, 7) is 3.12. The lowest BCUT2D eigenvalue weighted by molar-refractivity contribution is -0.116. The van der Waals surface area contributed by atoms with E-state index in [2.05, 4.69) is 15.4 Å². The molecule has 2 heterocycles. The van der Waals surface area contributed by atoms with Crippen molar-refractivity contribution in [1.82, 2.24) is 24.6 Å². The third kappa shape index (κ3) is 5.80. The lowest BCUT2D eigenvalue weighted by Gasteiger charge is -2.12. The number of aryl methyl sites for hydroxylation is 1. The highest BCUT2D eigenvalue weighted by molar-refractivity contribution is 5.91. The molecular formula is C27H29N5O5. The smallest absolute Gasteiger partial charge is 0.264 e. The zero-order chi connectivity index (χ0) is 26.4. The molecule has 1 amide bonds. The Kier molecular flexibility index (Phi) is 7.87. The highest BCUT2D eigenvalue weighted by Crippen LogP contribution is 2.38. The van der Waals surface area contributed by atoms with Crippen LogP contribution in [0.2, 0.25) is 0 Å². The SMILES string of the molecule is COc1cc(C=CC(=O)NCCn2ncc3c(=O)n(Cc4cccc(C)c4)cnc32)cc(OC)c1OC. The predicted molar refractivity (Wildman–Crippen MR) is 140 cm³/mol. The molecule has 192 valence electrons. The van der Waals surface area contributed by atoms with Gasteiger partial charge in [-0.15, -0.1) is 0 Å². The van der Waals surface area contributed by atoms with Gasteiger partial charge in [0.2, 0.25) is 11.7 Å². The summed E-state index contributed by atoms with van der Waals surface area (Å²) < 4.78 is 19.2. The van der Waals surface area contributed by atoms with Crippen LogP contribution in [-0.4, -0.2) is 53.1 Å². The molecule has 0 aliphatic rings. The van der Waals surface area contributed by atoms with E-state index in [1.807, 2.05) is 31.2 Å². The predicted octanol–water partition coefficient (Wildman–Crippen LogP) is 2.81. The minimum atomic E-state index is -0.279. The molecule has 0 atom stereocenters. The molecule has 0 bridgehead atoms. The Labute approximate surface area is 214 Å². The van der Waals surface area contributed by atoms with Gasteiger partial charge in [0.15, 0.2) is 17.1 Å². The van der Waals surface area contributed by atoms with Crippen LogP contribution in [0.25, 0.3) is 17.1 Å². The van der Waals surface area contributed by atoms with E-state index in [0.717, 1.165) is 11.1 Å². The molecule has 0 unspecified atom stereocenters. The Morgan fingerprint density at radius 1 is 1.08 bits per heavy atom. The van der Waals surface area contributed by atoms with Gasteiger partial charge < -0.3 is 19.5 Å². The van der Waals surface area contributed by atoms with E-state index in [-0.39, 0.29) is 11.5 Å². The van der Waals surface area contributed by atoms with E-state index >= 15 is 0 Å². The van der Waals surface area contributed by atoms with Crippen LogP contribution in [0.4, 0.5) is 0 Å². The van der Waals surface area contributed by atoms with Crippen LogP contribution in [0.5, 0.6) is 17.2 Å². The summed E-state index contributed by atoms with van der Waals surface area (Å²) in [6.07, 6.45) is 6.12. The van der Waals surface area contributed by atoms with Crippen LogP contribution >= 0.6 is 0 Å². The van der Waals surface area contributed by atoms with Gasteiger partial charge in [-0.25, -0.2) is 9.67 Å². The molecule has 0 aliphatic carbocycles. The maximum atomic E-state index is 12.9. The molecule has 10 heteroatoms. The van der Waals surface area contributed by atoms with Crippen molar-refractivity contribution in [3.8, 4) is 17.2 Å². The maximum Gasteiger partial charge on any atom is 0.264 e. The van der Waals surface area contributed by atoms with E-state index in [1.165, 1.54) is 39.9 Å². The number of carbonyl (C=O) groups is 1. The summed E-state index contributed by atoms with van der Waals surface area (Å²) in [5.74, 6) is 1.20. The minimum Gasteiger partial charge on any atom is -0.493 e. The first-order valence-electron chi connectivity index (χ1n) is 11.7. The molecule has 4 rings (SSSR count). The number of rotatable bonds is 10. The summed E-state index contributed by atoms with van der Waals surface area (Å²) in [4.78, 5) is 29.7. The number of fused-ring (bicyclic) bond motifs is 1. The van der Waals surface area contributed by atoms with Gasteiger partial charge in [0.05, 0.1) is 40.6 Å². The lowest BCUT2D eigenvalue weighted by atomic mass is 10.1. The number of nitrogens with one attached hydrogen (secondary N) is 1. The number of hydrogen-bond donors (Lipinski definition) is 1. The van der Waals surface area contributed by atoms with Crippen LogP contribution in [0.1, 0.15) is 16.7 Å².